The quantitative estimate of drug-likeness (QED) is 0.323. The fourth-order valence-electron chi connectivity index (χ4n) is 0.996. The van der Waals surface area contributed by atoms with Crippen LogP contribution in [-0.4, -0.2) is 12.8 Å². The fraction of sp³-hybridized carbons (Fsp3) is 0.182. The van der Waals surface area contributed by atoms with Gasteiger partial charge in [0.15, 0.2) is 6.61 Å². The minimum absolute atomic E-state index is 0.0212. The Balaban J connectivity index is 2.76. The van der Waals surface area contributed by atoms with E-state index in [1.165, 1.54) is 18.3 Å². The third-order valence-electron chi connectivity index (χ3n) is 1.65. The molecule has 0 saturated carbocycles. The van der Waals surface area contributed by atoms with Crippen molar-refractivity contribution in [1.82, 2.24) is 0 Å². The average molecular weight is 209 g/mol. The van der Waals surface area contributed by atoms with Crippen LogP contribution in [0, 0.1) is 12.3 Å². The number of rotatable bonds is 4. The van der Waals surface area contributed by atoms with Crippen molar-refractivity contribution in [2.45, 2.75) is 6.43 Å². The lowest BCUT2D eigenvalue weighted by Crippen LogP contribution is -1.93. The van der Waals surface area contributed by atoms with Crippen molar-refractivity contribution < 1.29 is 13.6 Å². The van der Waals surface area contributed by atoms with Gasteiger partial charge >= 0.3 is 0 Å². The standard InChI is InChI=1S/C11H9F2NO/c1-2-7-15-14-8-9-5-3-4-6-10(9)11(12)13/h1,3-6,8,11H,7H2. The first-order valence-electron chi connectivity index (χ1n) is 4.21. The first-order chi connectivity index (χ1) is 7.25. The second-order valence-electron chi connectivity index (χ2n) is 2.64. The summed E-state index contributed by atoms with van der Waals surface area (Å²) in [7, 11) is 0. The van der Waals surface area contributed by atoms with Crippen LogP contribution in [0.1, 0.15) is 17.6 Å². The van der Waals surface area contributed by atoms with Gasteiger partial charge in [0.25, 0.3) is 6.43 Å². The fourth-order valence-corrected chi connectivity index (χ4v) is 0.996. The highest BCUT2D eigenvalue weighted by molar-refractivity contribution is 5.81. The number of oxime groups is 1. The second-order valence-corrected chi connectivity index (χ2v) is 2.64. The Morgan fingerprint density at radius 3 is 2.87 bits per heavy atom. The predicted molar refractivity (Wildman–Crippen MR) is 53.8 cm³/mol. The molecule has 0 aliphatic heterocycles. The lowest BCUT2D eigenvalue weighted by atomic mass is 10.1. The Kier molecular flexibility index (Phi) is 4.30. The zero-order chi connectivity index (χ0) is 11.1. The van der Waals surface area contributed by atoms with Crippen molar-refractivity contribution in [3.63, 3.8) is 0 Å². The van der Waals surface area contributed by atoms with Crippen molar-refractivity contribution in [2.24, 2.45) is 5.16 Å². The van der Waals surface area contributed by atoms with Crippen LogP contribution in [0.3, 0.4) is 0 Å². The van der Waals surface area contributed by atoms with Crippen LogP contribution in [0.2, 0.25) is 0 Å². The van der Waals surface area contributed by atoms with E-state index >= 15 is 0 Å². The van der Waals surface area contributed by atoms with Crippen molar-refractivity contribution in [3.05, 3.63) is 35.4 Å². The Labute approximate surface area is 86.5 Å². The van der Waals surface area contributed by atoms with Gasteiger partial charge < -0.3 is 4.84 Å². The first-order valence-corrected chi connectivity index (χ1v) is 4.21. The van der Waals surface area contributed by atoms with E-state index in [9.17, 15) is 8.78 Å². The van der Waals surface area contributed by atoms with Crippen molar-refractivity contribution in [1.29, 1.82) is 0 Å². The van der Waals surface area contributed by atoms with Gasteiger partial charge in [-0.3, -0.25) is 0 Å². The monoisotopic (exact) mass is 209 g/mol. The van der Waals surface area contributed by atoms with E-state index in [-0.39, 0.29) is 12.2 Å². The number of hydrogen-bond acceptors (Lipinski definition) is 2. The normalized spacial score (nSPS) is 10.5. The molecule has 0 radical (unpaired) electrons. The lowest BCUT2D eigenvalue weighted by Gasteiger charge is -2.02. The zero-order valence-electron chi connectivity index (χ0n) is 7.86. The van der Waals surface area contributed by atoms with Gasteiger partial charge in [-0.1, -0.05) is 35.3 Å². The predicted octanol–water partition coefficient (Wildman–Crippen LogP) is 2.61. The van der Waals surface area contributed by atoms with Crippen LogP contribution in [0.5, 0.6) is 0 Å². The molecule has 0 aliphatic rings. The van der Waals surface area contributed by atoms with Gasteiger partial charge in [-0.25, -0.2) is 8.78 Å². The van der Waals surface area contributed by atoms with E-state index < -0.39 is 6.43 Å². The molecular formula is C11H9F2NO. The molecule has 0 amide bonds. The third kappa shape index (κ3) is 3.39. The van der Waals surface area contributed by atoms with E-state index in [2.05, 4.69) is 15.9 Å². The van der Waals surface area contributed by atoms with Crippen molar-refractivity contribution in [3.8, 4) is 12.3 Å². The van der Waals surface area contributed by atoms with Gasteiger partial charge in [0.05, 0.1) is 6.21 Å². The summed E-state index contributed by atoms with van der Waals surface area (Å²) >= 11 is 0. The van der Waals surface area contributed by atoms with Crippen LogP contribution in [0.15, 0.2) is 29.4 Å². The lowest BCUT2D eigenvalue weighted by molar-refractivity contribution is 0.151. The summed E-state index contributed by atoms with van der Waals surface area (Å²) in [5.74, 6) is 2.21. The molecule has 1 rings (SSSR count). The molecule has 0 bridgehead atoms. The minimum Gasteiger partial charge on any atom is -0.383 e. The molecule has 1 aromatic rings. The summed E-state index contributed by atoms with van der Waals surface area (Å²) in [5.41, 5.74) is 0.245. The number of benzene rings is 1. The molecule has 0 fully saturated rings. The van der Waals surface area contributed by atoms with Gasteiger partial charge in [0.2, 0.25) is 0 Å². The van der Waals surface area contributed by atoms with Crippen LogP contribution in [-0.2, 0) is 4.84 Å². The molecule has 0 saturated heterocycles. The summed E-state index contributed by atoms with van der Waals surface area (Å²) in [6.45, 7) is 0.0212. The van der Waals surface area contributed by atoms with E-state index in [0.29, 0.717) is 5.56 Å². The van der Waals surface area contributed by atoms with E-state index in [1.54, 1.807) is 12.1 Å². The van der Waals surface area contributed by atoms with Gasteiger partial charge in [-0.05, 0) is 0 Å². The van der Waals surface area contributed by atoms with Crippen molar-refractivity contribution >= 4 is 6.21 Å². The van der Waals surface area contributed by atoms with Crippen molar-refractivity contribution in [2.75, 3.05) is 6.61 Å². The Morgan fingerprint density at radius 2 is 2.20 bits per heavy atom. The molecule has 0 unspecified atom stereocenters. The molecule has 0 aromatic heterocycles. The largest absolute Gasteiger partial charge is 0.383 e. The van der Waals surface area contributed by atoms with Crippen LogP contribution in [0.25, 0.3) is 0 Å². The third-order valence-corrected chi connectivity index (χ3v) is 1.65. The molecule has 4 heteroatoms. The van der Waals surface area contributed by atoms with Gasteiger partial charge in [-0.2, -0.15) is 0 Å². The maximum absolute atomic E-state index is 12.5. The smallest absolute Gasteiger partial charge is 0.264 e. The molecular weight excluding hydrogens is 200 g/mol. The summed E-state index contributed by atoms with van der Waals surface area (Å²) in [5, 5.41) is 3.47. The van der Waals surface area contributed by atoms with E-state index in [0.717, 1.165) is 0 Å². The van der Waals surface area contributed by atoms with Crippen LogP contribution >= 0.6 is 0 Å². The van der Waals surface area contributed by atoms with Crippen LogP contribution in [0.4, 0.5) is 8.78 Å². The zero-order valence-corrected chi connectivity index (χ0v) is 7.86. The topological polar surface area (TPSA) is 21.6 Å². The Hall–Kier alpha value is -1.89. The highest BCUT2D eigenvalue weighted by Crippen LogP contribution is 2.21. The number of halogens is 2. The maximum Gasteiger partial charge on any atom is 0.264 e. The molecule has 0 atom stereocenters. The molecule has 78 valence electrons. The summed E-state index contributed by atoms with van der Waals surface area (Å²) in [6, 6.07) is 6.06. The average Bonchev–Trinajstić information content (AvgIpc) is 2.25. The molecule has 0 N–H and O–H groups in total. The summed E-state index contributed by atoms with van der Waals surface area (Å²) in [4.78, 5) is 4.61. The highest BCUT2D eigenvalue weighted by Gasteiger charge is 2.10. The van der Waals surface area contributed by atoms with Gasteiger partial charge in [0, 0.05) is 11.1 Å². The molecule has 15 heavy (non-hydrogen) atoms. The maximum atomic E-state index is 12.5. The molecule has 2 nitrogen and oxygen atoms in total. The van der Waals surface area contributed by atoms with Gasteiger partial charge in [0.1, 0.15) is 0 Å². The molecule has 0 aliphatic carbocycles. The summed E-state index contributed by atoms with van der Waals surface area (Å²) in [6.07, 6.45) is 3.61. The highest BCUT2D eigenvalue weighted by atomic mass is 19.3. The first kappa shape index (κ1) is 11.2. The summed E-state index contributed by atoms with van der Waals surface area (Å²) < 4.78 is 24.9. The number of alkyl halides is 2. The van der Waals surface area contributed by atoms with E-state index in [1.807, 2.05) is 0 Å². The van der Waals surface area contributed by atoms with E-state index in [4.69, 9.17) is 6.42 Å². The molecule has 0 spiro atoms. The SMILES string of the molecule is C#CCON=Cc1ccccc1C(F)F. The number of terminal acetylenes is 1. The Bertz CT molecular complexity index is 382. The Morgan fingerprint density at radius 1 is 1.47 bits per heavy atom. The molecule has 1 aromatic carbocycles. The number of hydrogen-bond donors (Lipinski definition) is 0. The van der Waals surface area contributed by atoms with Gasteiger partial charge in [-0.15, -0.1) is 6.42 Å². The minimum atomic E-state index is -2.53. The second kappa shape index (κ2) is 5.76. The van der Waals surface area contributed by atoms with Crippen LogP contribution < -0.4 is 0 Å². The number of nitrogens with zero attached hydrogens (tertiary/aromatic N) is 1. The molecule has 0 heterocycles.